The zero-order valence-corrected chi connectivity index (χ0v) is 15.4. The van der Waals surface area contributed by atoms with E-state index in [1.54, 1.807) is 0 Å². The number of terminal acetylenes is 1. The van der Waals surface area contributed by atoms with E-state index in [9.17, 15) is 14.4 Å². The Balaban J connectivity index is 1.44. The minimum atomic E-state index is -0.959. The van der Waals surface area contributed by atoms with E-state index in [0.29, 0.717) is 18.5 Å². The van der Waals surface area contributed by atoms with Gasteiger partial charge in [-0.2, -0.15) is 0 Å². The number of anilines is 2. The lowest BCUT2D eigenvalue weighted by Gasteiger charge is -2.34. The molecule has 0 aromatic heterocycles. The van der Waals surface area contributed by atoms with Gasteiger partial charge in [0, 0.05) is 18.9 Å². The number of benzene rings is 1. The molecule has 5 aliphatic rings. The van der Waals surface area contributed by atoms with Crippen LogP contribution in [0.2, 0.25) is 0 Å². The molecule has 6 nitrogen and oxygen atoms in total. The molecule has 4 unspecified atom stereocenters. The monoisotopic (exact) mass is 392 g/mol. The van der Waals surface area contributed by atoms with Gasteiger partial charge in [0.25, 0.3) is 5.91 Å². The number of allylic oxidation sites excluding steroid dienone is 2. The number of carbonyl (C=O) groups excluding carboxylic acids is 3. The fourth-order valence-corrected chi connectivity index (χ4v) is 5.42. The lowest BCUT2D eigenvalue weighted by Crippen LogP contribution is -2.48. The summed E-state index contributed by atoms with van der Waals surface area (Å²) in [6, 6.07) is 2.50. The Bertz CT molecular complexity index is 1050. The first kappa shape index (κ1) is 16.8. The largest absolute Gasteiger partial charge is 0.475 e. The predicted molar refractivity (Wildman–Crippen MR) is 100 cm³/mol. The van der Waals surface area contributed by atoms with Crippen molar-refractivity contribution < 1.29 is 23.5 Å². The summed E-state index contributed by atoms with van der Waals surface area (Å²) in [5.74, 6) is 0.124. The molecule has 2 aliphatic heterocycles. The van der Waals surface area contributed by atoms with Crippen molar-refractivity contribution >= 4 is 29.1 Å². The second kappa shape index (κ2) is 5.26. The summed E-state index contributed by atoms with van der Waals surface area (Å²) in [5.41, 5.74) is -0.808. The molecule has 2 saturated carbocycles. The van der Waals surface area contributed by atoms with Gasteiger partial charge < -0.3 is 4.74 Å². The molecular weight excluding hydrogens is 375 g/mol. The Morgan fingerprint density at radius 3 is 2.34 bits per heavy atom. The molecule has 29 heavy (non-hydrogen) atoms. The molecular formula is C22H17FN2O4. The summed E-state index contributed by atoms with van der Waals surface area (Å²) in [6.07, 6.45) is 11.3. The maximum absolute atomic E-state index is 15.1. The molecule has 1 aromatic carbocycles. The van der Waals surface area contributed by atoms with Crippen LogP contribution in [0.3, 0.4) is 0 Å². The van der Waals surface area contributed by atoms with Crippen molar-refractivity contribution in [3.05, 3.63) is 30.1 Å². The lowest BCUT2D eigenvalue weighted by molar-refractivity contribution is -0.128. The highest BCUT2D eigenvalue weighted by Crippen LogP contribution is 2.55. The standard InChI is InChI=1S/C22H17FN2O4/c1-2-7-24-15-10-14(13(23)9-16(15)29-22(5-6-22)21(24)28)25-19(26)17-11-3-4-12(8-11)18(17)20(25)27/h1,3-4,9-12,17-18H,5-8H2. The zero-order chi connectivity index (χ0) is 20.1. The number of imide groups is 1. The van der Waals surface area contributed by atoms with Crippen LogP contribution in [0.4, 0.5) is 15.8 Å². The minimum absolute atomic E-state index is 0.00320. The first-order valence-electron chi connectivity index (χ1n) is 9.79. The third kappa shape index (κ3) is 1.99. The number of amides is 3. The number of ether oxygens (including phenoxy) is 1. The van der Waals surface area contributed by atoms with Crippen molar-refractivity contribution in [3.8, 4) is 18.1 Å². The Hall–Kier alpha value is -3.14. The van der Waals surface area contributed by atoms with E-state index >= 15 is 4.39 Å². The van der Waals surface area contributed by atoms with E-state index in [1.165, 1.54) is 11.0 Å². The van der Waals surface area contributed by atoms with Gasteiger partial charge in [-0.25, -0.2) is 9.29 Å². The molecule has 0 radical (unpaired) electrons. The maximum Gasteiger partial charge on any atom is 0.272 e. The van der Waals surface area contributed by atoms with E-state index in [0.717, 1.165) is 17.4 Å². The SMILES string of the molecule is C#CCN1C(=O)C2(CC2)Oc2cc(F)c(N3C(=O)C4C5C=CC(C5)C4C3=O)cc21. The van der Waals surface area contributed by atoms with Gasteiger partial charge in [-0.05, 0) is 24.3 Å². The zero-order valence-electron chi connectivity index (χ0n) is 15.4. The summed E-state index contributed by atoms with van der Waals surface area (Å²) < 4.78 is 20.9. The van der Waals surface area contributed by atoms with Crippen molar-refractivity contribution in [2.24, 2.45) is 23.7 Å². The van der Waals surface area contributed by atoms with Crippen LogP contribution in [0.1, 0.15) is 19.3 Å². The van der Waals surface area contributed by atoms with Crippen molar-refractivity contribution in [1.82, 2.24) is 0 Å². The highest BCUT2D eigenvalue weighted by molar-refractivity contribution is 6.23. The number of nitrogens with zero attached hydrogens (tertiary/aromatic N) is 2. The van der Waals surface area contributed by atoms with Crippen LogP contribution in [0.5, 0.6) is 5.75 Å². The molecule has 0 N–H and O–H groups in total. The van der Waals surface area contributed by atoms with Crippen LogP contribution in [0, 0.1) is 41.8 Å². The van der Waals surface area contributed by atoms with Gasteiger partial charge in [-0.15, -0.1) is 6.42 Å². The number of fused-ring (bicyclic) bond motifs is 6. The second-order valence-electron chi connectivity index (χ2n) is 8.47. The highest BCUT2D eigenvalue weighted by atomic mass is 19.1. The van der Waals surface area contributed by atoms with E-state index < -0.39 is 23.3 Å². The van der Waals surface area contributed by atoms with Crippen molar-refractivity contribution in [2.45, 2.75) is 24.9 Å². The van der Waals surface area contributed by atoms with Gasteiger partial charge in [0.05, 0.1) is 29.8 Å². The van der Waals surface area contributed by atoms with Gasteiger partial charge in [0.15, 0.2) is 11.4 Å². The predicted octanol–water partition coefficient (Wildman–Crippen LogP) is 2.03. The smallest absolute Gasteiger partial charge is 0.272 e. The van der Waals surface area contributed by atoms with Crippen LogP contribution in [-0.4, -0.2) is 29.9 Å². The number of rotatable bonds is 2. The molecule has 1 spiro atoms. The lowest BCUT2D eigenvalue weighted by atomic mass is 9.85. The molecule has 6 rings (SSSR count). The van der Waals surface area contributed by atoms with Crippen LogP contribution >= 0.6 is 0 Å². The first-order chi connectivity index (χ1) is 13.9. The second-order valence-corrected chi connectivity index (χ2v) is 8.47. The van der Waals surface area contributed by atoms with E-state index in [1.807, 2.05) is 12.2 Å². The molecule has 4 atom stereocenters. The van der Waals surface area contributed by atoms with Crippen molar-refractivity contribution in [1.29, 1.82) is 0 Å². The van der Waals surface area contributed by atoms with Gasteiger partial charge in [-0.3, -0.25) is 19.3 Å². The third-order valence-electron chi connectivity index (χ3n) is 6.92. The molecule has 2 heterocycles. The van der Waals surface area contributed by atoms with Gasteiger partial charge in [0.1, 0.15) is 5.75 Å². The summed E-state index contributed by atoms with van der Waals surface area (Å²) in [7, 11) is 0. The quantitative estimate of drug-likeness (QED) is 0.439. The molecule has 1 aromatic rings. The third-order valence-corrected chi connectivity index (χ3v) is 6.92. The summed E-state index contributed by atoms with van der Waals surface area (Å²) in [6.45, 7) is 0.00320. The summed E-state index contributed by atoms with van der Waals surface area (Å²) in [5, 5.41) is 0. The molecule has 7 heteroatoms. The van der Waals surface area contributed by atoms with Crippen molar-refractivity contribution in [2.75, 3.05) is 16.3 Å². The Morgan fingerprint density at radius 1 is 1.10 bits per heavy atom. The van der Waals surface area contributed by atoms with Crippen LogP contribution in [0.15, 0.2) is 24.3 Å². The molecule has 3 aliphatic carbocycles. The first-order valence-corrected chi connectivity index (χ1v) is 9.79. The Labute approximate surface area is 166 Å². The number of halogens is 1. The van der Waals surface area contributed by atoms with Gasteiger partial charge >= 0.3 is 0 Å². The Morgan fingerprint density at radius 2 is 1.76 bits per heavy atom. The Kier molecular flexibility index (Phi) is 3.05. The minimum Gasteiger partial charge on any atom is -0.475 e. The van der Waals surface area contributed by atoms with Crippen LogP contribution in [0.25, 0.3) is 0 Å². The van der Waals surface area contributed by atoms with Gasteiger partial charge in [-0.1, -0.05) is 18.1 Å². The van der Waals surface area contributed by atoms with E-state index in [2.05, 4.69) is 5.92 Å². The fraction of sp³-hybridized carbons (Fsp3) is 0.409. The number of carbonyl (C=O) groups is 3. The van der Waals surface area contributed by atoms with E-state index in [4.69, 9.17) is 11.2 Å². The van der Waals surface area contributed by atoms with E-state index in [-0.39, 0.29) is 47.5 Å². The maximum atomic E-state index is 15.1. The molecule has 1 saturated heterocycles. The molecule has 146 valence electrons. The normalized spacial score (nSPS) is 32.5. The van der Waals surface area contributed by atoms with Crippen LogP contribution in [-0.2, 0) is 14.4 Å². The van der Waals surface area contributed by atoms with Crippen LogP contribution < -0.4 is 14.5 Å². The molecule has 3 amide bonds. The highest BCUT2D eigenvalue weighted by Gasteiger charge is 2.61. The van der Waals surface area contributed by atoms with Gasteiger partial charge in [0.2, 0.25) is 11.8 Å². The summed E-state index contributed by atoms with van der Waals surface area (Å²) in [4.78, 5) is 41.3. The molecule has 3 fully saturated rings. The number of hydrogen-bond donors (Lipinski definition) is 0. The topological polar surface area (TPSA) is 66.9 Å². The number of hydrogen-bond acceptors (Lipinski definition) is 4. The average Bonchev–Trinajstić information content (AvgIpc) is 3.05. The van der Waals surface area contributed by atoms with Crippen molar-refractivity contribution in [3.63, 3.8) is 0 Å². The fourth-order valence-electron chi connectivity index (χ4n) is 5.42. The summed E-state index contributed by atoms with van der Waals surface area (Å²) >= 11 is 0. The average molecular weight is 392 g/mol. The molecule has 2 bridgehead atoms.